The molecule has 186 valence electrons. The van der Waals surface area contributed by atoms with Gasteiger partial charge in [0.15, 0.2) is 28.8 Å². The molecule has 1 aliphatic heterocycles. The lowest BCUT2D eigenvalue weighted by atomic mass is 10.00. The number of methoxy groups -OCH3 is 3. The lowest BCUT2D eigenvalue weighted by Gasteiger charge is -2.25. The van der Waals surface area contributed by atoms with Crippen molar-refractivity contribution in [2.24, 2.45) is 4.99 Å². The highest BCUT2D eigenvalue weighted by molar-refractivity contribution is 8.14. The Bertz CT molecular complexity index is 1160. The number of phenolic OH excluding ortho intramolecular Hbond substituents is 2. The number of aliphatic hydroxyl groups excluding tert-OH is 1. The number of ketones is 1. The largest absolute Gasteiger partial charge is 0.507 e. The van der Waals surface area contributed by atoms with Gasteiger partial charge in [0.05, 0.1) is 19.8 Å². The standard InChI is InChI=1S/C26H29NO7S/c1-32-12-4-11-27-26-25(20(30)9-6-16-5-8-18(28)22(13-16)33-2)21(31)15-24(35-26)17-7-10-19(29)23(14-17)34-3/h5-10,13-14,24,28-30H,4,11-12,15H2,1-3H3/b9-6-,25-20?,27-26?. The average molecular weight is 500 g/mol. The molecular weight excluding hydrogens is 470 g/mol. The van der Waals surface area contributed by atoms with Crippen LogP contribution in [0.15, 0.2) is 58.8 Å². The first-order valence-corrected chi connectivity index (χ1v) is 11.8. The number of phenols is 2. The molecule has 1 heterocycles. The summed E-state index contributed by atoms with van der Waals surface area (Å²) in [5, 5.41) is 30.7. The van der Waals surface area contributed by atoms with E-state index in [4.69, 9.17) is 14.2 Å². The Morgan fingerprint density at radius 2 is 1.77 bits per heavy atom. The number of nitrogens with zero attached hydrogens (tertiary/aromatic N) is 1. The van der Waals surface area contributed by atoms with Gasteiger partial charge in [-0.15, -0.1) is 0 Å². The number of aliphatic imine (C=N–C) groups is 1. The quantitative estimate of drug-likeness (QED) is 0.255. The van der Waals surface area contributed by atoms with Gasteiger partial charge in [-0.05, 0) is 47.9 Å². The molecule has 0 bridgehead atoms. The highest BCUT2D eigenvalue weighted by Crippen LogP contribution is 2.43. The van der Waals surface area contributed by atoms with Gasteiger partial charge < -0.3 is 29.5 Å². The molecule has 3 rings (SSSR count). The van der Waals surface area contributed by atoms with Gasteiger partial charge in [0, 0.05) is 31.9 Å². The molecule has 2 aromatic carbocycles. The lowest BCUT2D eigenvalue weighted by Crippen LogP contribution is -2.22. The molecule has 0 saturated carbocycles. The summed E-state index contributed by atoms with van der Waals surface area (Å²) in [6, 6.07) is 9.76. The second-order valence-electron chi connectivity index (χ2n) is 7.72. The zero-order chi connectivity index (χ0) is 25.4. The van der Waals surface area contributed by atoms with Crippen molar-refractivity contribution < 1.29 is 34.3 Å². The number of aliphatic hydroxyl groups is 1. The highest BCUT2D eigenvalue weighted by atomic mass is 32.2. The smallest absolute Gasteiger partial charge is 0.170 e. The van der Waals surface area contributed by atoms with Crippen LogP contribution in [0.1, 0.15) is 29.2 Å². The van der Waals surface area contributed by atoms with E-state index in [1.165, 1.54) is 44.2 Å². The fourth-order valence-electron chi connectivity index (χ4n) is 3.52. The molecule has 1 fully saturated rings. The van der Waals surface area contributed by atoms with Gasteiger partial charge in [0.25, 0.3) is 0 Å². The number of hydrogen-bond acceptors (Lipinski definition) is 9. The molecule has 1 atom stereocenters. The predicted octanol–water partition coefficient (Wildman–Crippen LogP) is 4.82. The van der Waals surface area contributed by atoms with Crippen molar-refractivity contribution in [2.75, 3.05) is 34.5 Å². The third kappa shape index (κ3) is 6.58. The van der Waals surface area contributed by atoms with E-state index in [1.54, 1.807) is 37.5 Å². The number of carbonyl (C=O) groups is 1. The molecule has 0 aliphatic carbocycles. The van der Waals surface area contributed by atoms with Crippen molar-refractivity contribution in [3.63, 3.8) is 0 Å². The van der Waals surface area contributed by atoms with Gasteiger partial charge >= 0.3 is 0 Å². The Morgan fingerprint density at radius 1 is 1.09 bits per heavy atom. The van der Waals surface area contributed by atoms with E-state index < -0.39 is 0 Å². The number of allylic oxidation sites excluding steroid dienone is 1. The Labute approximate surface area is 208 Å². The van der Waals surface area contributed by atoms with Crippen molar-refractivity contribution in [1.82, 2.24) is 0 Å². The van der Waals surface area contributed by atoms with E-state index in [0.29, 0.717) is 41.7 Å². The topological polar surface area (TPSA) is 118 Å². The summed E-state index contributed by atoms with van der Waals surface area (Å²) in [5.41, 5.74) is 1.65. The van der Waals surface area contributed by atoms with Gasteiger partial charge in [0.2, 0.25) is 0 Å². The van der Waals surface area contributed by atoms with Crippen molar-refractivity contribution in [2.45, 2.75) is 18.1 Å². The highest BCUT2D eigenvalue weighted by Gasteiger charge is 2.33. The third-order valence-corrected chi connectivity index (χ3v) is 6.63. The van der Waals surface area contributed by atoms with Gasteiger partial charge in [-0.2, -0.15) is 0 Å². The van der Waals surface area contributed by atoms with Crippen molar-refractivity contribution in [3.05, 3.63) is 64.9 Å². The molecular formula is C26H29NO7S. The van der Waals surface area contributed by atoms with E-state index in [1.807, 2.05) is 0 Å². The van der Waals surface area contributed by atoms with Gasteiger partial charge in [0.1, 0.15) is 10.8 Å². The summed E-state index contributed by atoms with van der Waals surface area (Å²) in [5.74, 6) is 0.222. The lowest BCUT2D eigenvalue weighted by molar-refractivity contribution is -0.115. The number of rotatable bonds is 9. The van der Waals surface area contributed by atoms with Gasteiger partial charge in [-0.1, -0.05) is 30.0 Å². The Morgan fingerprint density at radius 3 is 2.46 bits per heavy atom. The number of carbonyl (C=O) groups excluding carboxylic acids is 1. The zero-order valence-electron chi connectivity index (χ0n) is 19.9. The summed E-state index contributed by atoms with van der Waals surface area (Å²) in [7, 11) is 4.53. The van der Waals surface area contributed by atoms with E-state index >= 15 is 0 Å². The second-order valence-corrected chi connectivity index (χ2v) is 8.91. The van der Waals surface area contributed by atoms with Crippen molar-refractivity contribution in [3.8, 4) is 23.0 Å². The summed E-state index contributed by atoms with van der Waals surface area (Å²) in [4.78, 5) is 17.8. The molecule has 3 N–H and O–H groups in total. The fraction of sp³-hybridized carbons (Fsp3) is 0.308. The molecule has 9 heteroatoms. The van der Waals surface area contributed by atoms with Crippen molar-refractivity contribution >= 4 is 28.7 Å². The monoisotopic (exact) mass is 499 g/mol. The van der Waals surface area contributed by atoms with Crippen LogP contribution in [0.5, 0.6) is 23.0 Å². The van der Waals surface area contributed by atoms with Crippen LogP contribution in [0.25, 0.3) is 6.08 Å². The molecule has 1 unspecified atom stereocenters. The molecule has 8 nitrogen and oxygen atoms in total. The maximum atomic E-state index is 13.2. The Kier molecular flexibility index (Phi) is 9.22. The first kappa shape index (κ1) is 26.2. The Balaban J connectivity index is 1.93. The van der Waals surface area contributed by atoms with Crippen LogP contribution in [0.4, 0.5) is 0 Å². The molecule has 0 aromatic heterocycles. The summed E-state index contributed by atoms with van der Waals surface area (Å²) in [6.45, 7) is 0.965. The molecule has 0 spiro atoms. The molecule has 0 amide bonds. The van der Waals surface area contributed by atoms with E-state index in [9.17, 15) is 20.1 Å². The average Bonchev–Trinajstić information content (AvgIpc) is 2.86. The molecule has 1 saturated heterocycles. The maximum Gasteiger partial charge on any atom is 0.170 e. The van der Waals surface area contributed by atoms with Gasteiger partial charge in [-0.3, -0.25) is 9.79 Å². The third-order valence-electron chi connectivity index (χ3n) is 5.35. The minimum absolute atomic E-state index is 0.00784. The van der Waals surface area contributed by atoms with Crippen LogP contribution >= 0.6 is 11.8 Å². The zero-order valence-corrected chi connectivity index (χ0v) is 20.7. The van der Waals surface area contributed by atoms with Crippen LogP contribution in [0, 0.1) is 0 Å². The minimum atomic E-state index is -0.250. The van der Waals surface area contributed by atoms with E-state index in [-0.39, 0.29) is 40.3 Å². The van der Waals surface area contributed by atoms with Crippen LogP contribution in [-0.2, 0) is 9.53 Å². The summed E-state index contributed by atoms with van der Waals surface area (Å²) >= 11 is 1.38. The van der Waals surface area contributed by atoms with E-state index in [0.717, 1.165) is 5.56 Å². The number of ether oxygens (including phenoxy) is 3. The second kappa shape index (κ2) is 12.3. The Hall–Kier alpha value is -3.43. The molecule has 1 aliphatic rings. The predicted molar refractivity (Wildman–Crippen MR) is 137 cm³/mol. The summed E-state index contributed by atoms with van der Waals surface area (Å²) in [6.07, 6.45) is 3.88. The number of thioether (sulfide) groups is 1. The number of hydrogen-bond donors (Lipinski definition) is 3. The number of Topliss-reactive ketones (excluding diaryl/α,β-unsaturated/α-hetero) is 1. The van der Waals surface area contributed by atoms with Crippen LogP contribution in [-0.4, -0.2) is 60.6 Å². The van der Waals surface area contributed by atoms with Crippen LogP contribution < -0.4 is 9.47 Å². The maximum absolute atomic E-state index is 13.2. The fourth-order valence-corrected chi connectivity index (χ4v) is 4.81. The molecule has 0 radical (unpaired) electrons. The molecule has 35 heavy (non-hydrogen) atoms. The van der Waals surface area contributed by atoms with Crippen LogP contribution in [0.3, 0.4) is 0 Å². The number of benzene rings is 2. The number of aromatic hydroxyl groups is 2. The molecule has 2 aromatic rings. The SMILES string of the molecule is COCCCN=C1SC(c2ccc(O)c(OC)c2)CC(=O)C1=C(O)/C=C\c1ccc(O)c(OC)c1. The minimum Gasteiger partial charge on any atom is -0.507 e. The summed E-state index contributed by atoms with van der Waals surface area (Å²) < 4.78 is 15.4. The van der Waals surface area contributed by atoms with E-state index in [2.05, 4.69) is 4.99 Å². The normalized spacial score (nSPS) is 18.8. The van der Waals surface area contributed by atoms with Crippen molar-refractivity contribution in [1.29, 1.82) is 0 Å². The van der Waals surface area contributed by atoms with Crippen LogP contribution in [0.2, 0.25) is 0 Å². The van der Waals surface area contributed by atoms with Gasteiger partial charge in [-0.25, -0.2) is 0 Å². The first-order valence-electron chi connectivity index (χ1n) is 11.0. The first-order chi connectivity index (χ1) is 16.9.